The van der Waals surface area contributed by atoms with Crippen molar-refractivity contribution in [3.8, 4) is 0 Å². The Morgan fingerprint density at radius 2 is 2.00 bits per heavy atom. The van der Waals surface area contributed by atoms with Crippen LogP contribution in [0.5, 0.6) is 0 Å². The molecule has 0 spiro atoms. The van der Waals surface area contributed by atoms with Gasteiger partial charge in [0.05, 0.1) is 4.24 Å². The van der Waals surface area contributed by atoms with E-state index in [1.54, 1.807) is 12.5 Å². The number of hydrogen-bond acceptors (Lipinski definition) is 13. The molecule has 1 unspecified atom stereocenters. The quantitative estimate of drug-likeness (QED) is 0.0664. The molecule has 0 aliphatic carbocycles. The van der Waals surface area contributed by atoms with E-state index >= 15 is 0 Å². The number of aryl methyl sites for hydroxylation is 1. The Kier molecular flexibility index (Phi) is 7.28. The lowest BCUT2D eigenvalue weighted by molar-refractivity contribution is -0.201. The Hall–Kier alpha value is -2.74. The number of nitrogens with one attached hydrogen (secondary N) is 1. The van der Waals surface area contributed by atoms with E-state index in [4.69, 9.17) is 15.6 Å². The summed E-state index contributed by atoms with van der Waals surface area (Å²) in [5, 5.41) is 33.8. The fourth-order valence-electron chi connectivity index (χ4n) is 3.54. The molecule has 1 aromatic rings. The number of tetrazole rings is 1. The average molecular weight is 576 g/mol. The monoisotopic (exact) mass is 575 g/mol. The number of carbonyl (C=O) groups excluding carboxylic acids is 3. The fraction of sp³-hybridized carbons (Fsp3) is 0.412. The highest BCUT2D eigenvalue weighted by atomic mass is 32.3. The van der Waals surface area contributed by atoms with Crippen molar-refractivity contribution in [2.45, 2.75) is 26.9 Å². The van der Waals surface area contributed by atoms with Gasteiger partial charge >= 0.3 is 11.9 Å². The summed E-state index contributed by atoms with van der Waals surface area (Å²) in [6.07, 6.45) is 0. The van der Waals surface area contributed by atoms with E-state index in [-0.39, 0.29) is 9.99 Å². The predicted molar refractivity (Wildman–Crippen MR) is 128 cm³/mol. The van der Waals surface area contributed by atoms with Gasteiger partial charge in [-0.25, -0.2) is 14.3 Å². The number of nitrogens with zero attached hydrogens (tertiary/aromatic N) is 5. The van der Waals surface area contributed by atoms with Crippen molar-refractivity contribution in [1.82, 2.24) is 30.4 Å². The molecule has 4 rings (SSSR count). The zero-order valence-electron chi connectivity index (χ0n) is 18.3. The molecular formula is C17H17N7O8S4. The smallest absolute Gasteiger partial charge is 0.343 e. The van der Waals surface area contributed by atoms with Gasteiger partial charge < -0.3 is 30.9 Å². The minimum absolute atomic E-state index is 0.0735. The Morgan fingerprint density at radius 1 is 1.31 bits per heavy atom. The summed E-state index contributed by atoms with van der Waals surface area (Å²) in [5.41, 5.74) is 3.07. The van der Waals surface area contributed by atoms with Crippen molar-refractivity contribution in [3.05, 3.63) is 20.8 Å². The predicted octanol–water partition coefficient (Wildman–Crippen LogP) is -1.40. The lowest BCUT2D eigenvalue weighted by Gasteiger charge is -2.57. The van der Waals surface area contributed by atoms with E-state index in [1.807, 2.05) is 0 Å². The number of nitrogens with two attached hydrogens (primary N) is 1. The highest BCUT2D eigenvalue weighted by Crippen LogP contribution is 2.53. The summed E-state index contributed by atoms with van der Waals surface area (Å²) in [6, 6.07) is -1.28. The van der Waals surface area contributed by atoms with E-state index in [9.17, 15) is 29.1 Å². The van der Waals surface area contributed by atoms with Crippen molar-refractivity contribution in [2.24, 2.45) is 12.8 Å². The maximum Gasteiger partial charge on any atom is 0.343 e. The average Bonchev–Trinajstić information content (AvgIpc) is 3.20. The standard InChI is InChI=1S/C17H17N7O8S4/c1-23-16(20-21-22-23)34-4-5-3-33-15-17(32-2,14(31)24(15)7(5)11(29)30)19-9(26)13-35-12(36-13)6(8(18)25)10(27)28/h3,7,13,15H,4H2,1-2H3,(H2,18,25)(H,19,26)(H,27,28)(H,29,30)/t7?,13?,15-,17+/m0/s1. The second kappa shape index (κ2) is 9.96. The van der Waals surface area contributed by atoms with Crippen LogP contribution in [0.1, 0.15) is 0 Å². The molecule has 4 heterocycles. The van der Waals surface area contributed by atoms with Gasteiger partial charge in [0.15, 0.2) is 6.04 Å². The third-order valence-electron chi connectivity index (χ3n) is 5.25. The van der Waals surface area contributed by atoms with E-state index in [1.165, 1.54) is 23.6 Å². The summed E-state index contributed by atoms with van der Waals surface area (Å²) in [7, 11) is 2.85. The molecular weight excluding hydrogens is 558 g/mol. The Bertz CT molecular complexity index is 1210. The van der Waals surface area contributed by atoms with Gasteiger partial charge in [0.1, 0.15) is 15.5 Å². The molecule has 0 saturated carbocycles. The zero-order chi connectivity index (χ0) is 26.4. The number of β-lactam (4-membered cyclic amide) rings is 1. The zero-order valence-corrected chi connectivity index (χ0v) is 21.6. The molecule has 0 bridgehead atoms. The Morgan fingerprint density at radius 3 is 2.53 bits per heavy atom. The topological polar surface area (TPSA) is 220 Å². The number of aromatic nitrogens is 4. The van der Waals surface area contributed by atoms with Crippen molar-refractivity contribution < 1.29 is 38.9 Å². The third-order valence-corrected chi connectivity index (χ3v) is 10.4. The van der Waals surface area contributed by atoms with Gasteiger partial charge in [-0.1, -0.05) is 35.3 Å². The van der Waals surface area contributed by atoms with E-state index in [0.717, 1.165) is 40.2 Å². The second-order valence-corrected chi connectivity index (χ2v) is 12.0. The number of carboxylic acids is 2. The molecule has 0 radical (unpaired) electrons. The second-order valence-electron chi connectivity index (χ2n) is 7.34. The fourth-order valence-corrected chi connectivity index (χ4v) is 8.03. The number of thioether (sulfide) groups is 4. The molecule has 36 heavy (non-hydrogen) atoms. The highest BCUT2D eigenvalue weighted by Gasteiger charge is 2.68. The van der Waals surface area contributed by atoms with Crippen molar-refractivity contribution in [2.75, 3.05) is 12.9 Å². The van der Waals surface area contributed by atoms with Crippen LogP contribution < -0.4 is 11.1 Å². The normalized spacial score (nSPS) is 26.8. The maximum atomic E-state index is 13.2. The first kappa shape index (κ1) is 26.3. The number of amides is 3. The number of carbonyl (C=O) groups is 5. The first-order valence-electron chi connectivity index (χ1n) is 9.74. The van der Waals surface area contributed by atoms with Gasteiger partial charge in [-0.2, -0.15) is 0 Å². The lowest BCUT2D eigenvalue weighted by atomic mass is 9.95. The number of aliphatic carboxylic acids is 2. The number of ether oxygens (including phenoxy) is 1. The Balaban J connectivity index is 1.48. The lowest BCUT2D eigenvalue weighted by Crippen LogP contribution is -2.83. The molecule has 3 atom stereocenters. The first-order valence-corrected chi connectivity index (χ1v) is 13.4. The summed E-state index contributed by atoms with van der Waals surface area (Å²) in [4.78, 5) is 61.8. The summed E-state index contributed by atoms with van der Waals surface area (Å²) in [5.74, 6) is -5.09. The molecule has 3 aliphatic heterocycles. The van der Waals surface area contributed by atoms with Crippen LogP contribution in [0.2, 0.25) is 0 Å². The van der Waals surface area contributed by atoms with Crippen molar-refractivity contribution in [1.29, 1.82) is 0 Å². The molecule has 19 heteroatoms. The molecule has 15 nitrogen and oxygen atoms in total. The SMILES string of the molecule is CO[C@]1(NC(=O)C2SC(=C(C(N)=O)C(=O)O)S2)C(=O)N2C(C(=O)O)C(CSc3nnnn3C)=CS[C@H]21. The molecule has 1 aromatic heterocycles. The Labute approximate surface area is 219 Å². The summed E-state index contributed by atoms with van der Waals surface area (Å²) < 4.78 is 6.03. The third kappa shape index (κ3) is 4.33. The molecule has 0 aromatic carbocycles. The molecule has 3 amide bonds. The van der Waals surface area contributed by atoms with Crippen LogP contribution in [0.4, 0.5) is 0 Å². The number of rotatable bonds is 9. The van der Waals surface area contributed by atoms with Gasteiger partial charge in [-0.05, 0) is 21.4 Å². The van der Waals surface area contributed by atoms with E-state index in [2.05, 4.69) is 20.8 Å². The number of primary amides is 1. The van der Waals surface area contributed by atoms with Crippen LogP contribution >= 0.6 is 47.0 Å². The number of carboxylic acid groups (broad SMARTS) is 2. The van der Waals surface area contributed by atoms with Crippen molar-refractivity contribution in [3.63, 3.8) is 0 Å². The summed E-state index contributed by atoms with van der Waals surface area (Å²) >= 11 is 3.94. The molecule has 3 aliphatic rings. The van der Waals surface area contributed by atoms with Crippen LogP contribution in [0.25, 0.3) is 0 Å². The highest BCUT2D eigenvalue weighted by molar-refractivity contribution is 8.39. The van der Waals surface area contributed by atoms with E-state index < -0.39 is 57.0 Å². The van der Waals surface area contributed by atoms with Crippen LogP contribution in [0.3, 0.4) is 0 Å². The first-order chi connectivity index (χ1) is 17.0. The van der Waals surface area contributed by atoms with Crippen molar-refractivity contribution >= 4 is 76.7 Å². The van der Waals surface area contributed by atoms with Crippen LogP contribution in [0, 0.1) is 0 Å². The largest absolute Gasteiger partial charge is 0.479 e. The van der Waals surface area contributed by atoms with Gasteiger partial charge in [-0.3, -0.25) is 14.4 Å². The van der Waals surface area contributed by atoms with Gasteiger partial charge in [0, 0.05) is 19.9 Å². The van der Waals surface area contributed by atoms with Crippen LogP contribution in [0.15, 0.2) is 25.9 Å². The minimum Gasteiger partial charge on any atom is -0.479 e. The molecule has 2 fully saturated rings. The maximum absolute atomic E-state index is 13.2. The van der Waals surface area contributed by atoms with Gasteiger partial charge in [-0.15, -0.1) is 16.9 Å². The van der Waals surface area contributed by atoms with Gasteiger partial charge in [0.2, 0.25) is 11.1 Å². The molecule has 2 saturated heterocycles. The van der Waals surface area contributed by atoms with Gasteiger partial charge in [0.25, 0.3) is 17.5 Å². The number of methoxy groups -OCH3 is 1. The molecule has 192 valence electrons. The number of fused-ring (bicyclic) bond motifs is 1. The molecule has 5 N–H and O–H groups in total. The number of hydrogen-bond donors (Lipinski definition) is 4. The van der Waals surface area contributed by atoms with Crippen LogP contribution in [-0.4, -0.2) is 99.6 Å². The summed E-state index contributed by atoms with van der Waals surface area (Å²) in [6.45, 7) is 0. The minimum atomic E-state index is -1.82. The van der Waals surface area contributed by atoms with E-state index in [0.29, 0.717) is 10.7 Å². The van der Waals surface area contributed by atoms with Crippen LogP contribution in [-0.2, 0) is 35.8 Å².